The number of nitrogen functional groups attached to an aromatic ring is 1. The summed E-state index contributed by atoms with van der Waals surface area (Å²) in [6.45, 7) is 6.01. The van der Waals surface area contributed by atoms with Gasteiger partial charge < -0.3 is 10.5 Å². The first-order chi connectivity index (χ1) is 7.35. The van der Waals surface area contributed by atoms with Crippen molar-refractivity contribution in [2.75, 3.05) is 0 Å². The summed E-state index contributed by atoms with van der Waals surface area (Å²) in [5.41, 5.74) is 5.76. The molecule has 88 valence electrons. The van der Waals surface area contributed by atoms with Crippen LogP contribution in [0.25, 0.3) is 0 Å². The first-order valence-corrected chi connectivity index (χ1v) is 5.56. The minimum atomic E-state index is -0.297. The Kier molecular flexibility index (Phi) is 3.81. The summed E-state index contributed by atoms with van der Waals surface area (Å²) in [6, 6.07) is 5.09. The normalized spacial score (nSPS) is 11.2. The van der Waals surface area contributed by atoms with E-state index in [0.29, 0.717) is 16.3 Å². The molecule has 0 aliphatic heterocycles. The van der Waals surface area contributed by atoms with Crippen LogP contribution in [0.2, 0.25) is 5.02 Å². The smallest absolute Gasteiger partial charge is 0.132 e. The number of amidine groups is 1. The van der Waals surface area contributed by atoms with Crippen LogP contribution in [0, 0.1) is 5.41 Å². The zero-order chi connectivity index (χ0) is 12.3. The lowest BCUT2D eigenvalue weighted by molar-refractivity contribution is 0.105. The highest BCUT2D eigenvalue weighted by molar-refractivity contribution is 6.30. The maximum atomic E-state index is 7.47. The van der Waals surface area contributed by atoms with Crippen LogP contribution in [0.4, 0.5) is 0 Å². The molecule has 0 atom stereocenters. The quantitative estimate of drug-likeness (QED) is 0.627. The van der Waals surface area contributed by atoms with Crippen molar-refractivity contribution in [3.63, 3.8) is 0 Å². The van der Waals surface area contributed by atoms with E-state index >= 15 is 0 Å². The Morgan fingerprint density at radius 3 is 2.62 bits per heavy atom. The summed E-state index contributed by atoms with van der Waals surface area (Å²) in [6.07, 6.45) is 0.858. The van der Waals surface area contributed by atoms with Crippen LogP contribution in [-0.4, -0.2) is 11.4 Å². The van der Waals surface area contributed by atoms with Crippen molar-refractivity contribution >= 4 is 17.4 Å². The molecule has 0 radical (unpaired) electrons. The van der Waals surface area contributed by atoms with Crippen molar-refractivity contribution in [2.45, 2.75) is 32.8 Å². The van der Waals surface area contributed by atoms with E-state index in [1.807, 2.05) is 20.8 Å². The minimum absolute atomic E-state index is 0.0152. The van der Waals surface area contributed by atoms with Gasteiger partial charge in [0.2, 0.25) is 0 Å². The molecule has 3 nitrogen and oxygen atoms in total. The monoisotopic (exact) mass is 240 g/mol. The summed E-state index contributed by atoms with van der Waals surface area (Å²) in [4.78, 5) is 0. The van der Waals surface area contributed by atoms with E-state index in [2.05, 4.69) is 0 Å². The van der Waals surface area contributed by atoms with E-state index in [1.54, 1.807) is 18.2 Å². The topological polar surface area (TPSA) is 59.1 Å². The summed E-state index contributed by atoms with van der Waals surface area (Å²) >= 11 is 5.90. The van der Waals surface area contributed by atoms with Crippen molar-refractivity contribution < 1.29 is 4.74 Å². The lowest BCUT2D eigenvalue weighted by atomic mass is 10.1. The first-order valence-electron chi connectivity index (χ1n) is 5.18. The van der Waals surface area contributed by atoms with Crippen molar-refractivity contribution in [1.82, 2.24) is 0 Å². The highest BCUT2D eigenvalue weighted by atomic mass is 35.5. The summed E-state index contributed by atoms with van der Waals surface area (Å²) in [7, 11) is 0. The number of halogens is 1. The lowest BCUT2D eigenvalue weighted by Crippen LogP contribution is -2.28. The third-order valence-electron chi connectivity index (χ3n) is 2.47. The van der Waals surface area contributed by atoms with Gasteiger partial charge in [0.25, 0.3) is 0 Å². The van der Waals surface area contributed by atoms with Gasteiger partial charge >= 0.3 is 0 Å². The Morgan fingerprint density at radius 2 is 2.12 bits per heavy atom. The Bertz CT molecular complexity index is 402. The van der Waals surface area contributed by atoms with Gasteiger partial charge in [-0.15, -0.1) is 0 Å². The summed E-state index contributed by atoms with van der Waals surface area (Å²) < 4.78 is 5.82. The third-order valence-corrected chi connectivity index (χ3v) is 2.71. The average Bonchev–Trinajstić information content (AvgIpc) is 2.16. The standard InChI is InChI=1S/C12H17ClN2O/c1-4-12(2,3)16-10-7-8(13)5-6-9(10)11(14)15/h5-7H,4H2,1-3H3,(H3,14,15). The molecule has 16 heavy (non-hydrogen) atoms. The summed E-state index contributed by atoms with van der Waals surface area (Å²) in [5.74, 6) is 0.547. The van der Waals surface area contributed by atoms with Crippen LogP contribution in [-0.2, 0) is 0 Å². The number of hydrogen-bond acceptors (Lipinski definition) is 2. The number of nitrogens with two attached hydrogens (primary N) is 1. The van der Waals surface area contributed by atoms with Gasteiger partial charge in [0.1, 0.15) is 17.2 Å². The molecule has 0 spiro atoms. The van der Waals surface area contributed by atoms with Crippen LogP contribution in [0.1, 0.15) is 32.8 Å². The predicted octanol–water partition coefficient (Wildman–Crippen LogP) is 3.19. The second kappa shape index (κ2) is 4.74. The molecule has 0 unspecified atom stereocenters. The Balaban J connectivity index is 3.10. The average molecular weight is 241 g/mol. The molecule has 1 rings (SSSR count). The lowest BCUT2D eigenvalue weighted by Gasteiger charge is -2.26. The molecule has 0 aliphatic carbocycles. The van der Waals surface area contributed by atoms with E-state index in [-0.39, 0.29) is 11.4 Å². The Morgan fingerprint density at radius 1 is 1.50 bits per heavy atom. The van der Waals surface area contributed by atoms with Gasteiger partial charge in [-0.3, -0.25) is 5.41 Å². The molecular weight excluding hydrogens is 224 g/mol. The fourth-order valence-corrected chi connectivity index (χ4v) is 1.34. The Labute approximate surface area is 101 Å². The largest absolute Gasteiger partial charge is 0.487 e. The van der Waals surface area contributed by atoms with Crippen molar-refractivity contribution in [3.05, 3.63) is 28.8 Å². The molecule has 4 heteroatoms. The van der Waals surface area contributed by atoms with Gasteiger partial charge in [-0.2, -0.15) is 0 Å². The molecule has 0 saturated heterocycles. The second-order valence-electron chi connectivity index (χ2n) is 4.27. The zero-order valence-electron chi connectivity index (χ0n) is 9.80. The number of ether oxygens (including phenoxy) is 1. The molecule has 0 amide bonds. The molecule has 0 heterocycles. The maximum absolute atomic E-state index is 7.47. The molecule has 0 bridgehead atoms. The number of nitrogens with one attached hydrogen (secondary N) is 1. The molecule has 1 aromatic carbocycles. The Hall–Kier alpha value is -1.22. The van der Waals surface area contributed by atoms with Gasteiger partial charge in [0.15, 0.2) is 0 Å². The summed E-state index contributed by atoms with van der Waals surface area (Å²) in [5, 5.41) is 8.04. The number of benzene rings is 1. The van der Waals surface area contributed by atoms with E-state index in [4.69, 9.17) is 27.5 Å². The van der Waals surface area contributed by atoms with Crippen molar-refractivity contribution in [1.29, 1.82) is 5.41 Å². The first kappa shape index (κ1) is 12.8. The van der Waals surface area contributed by atoms with Gasteiger partial charge in [-0.25, -0.2) is 0 Å². The van der Waals surface area contributed by atoms with E-state index in [1.165, 1.54) is 0 Å². The molecule has 0 saturated carbocycles. The van der Waals surface area contributed by atoms with Crippen molar-refractivity contribution in [3.8, 4) is 5.75 Å². The molecule has 0 fully saturated rings. The van der Waals surface area contributed by atoms with Crippen molar-refractivity contribution in [2.24, 2.45) is 5.73 Å². The van der Waals surface area contributed by atoms with E-state index < -0.39 is 0 Å². The maximum Gasteiger partial charge on any atom is 0.132 e. The second-order valence-corrected chi connectivity index (χ2v) is 4.71. The molecule has 3 N–H and O–H groups in total. The van der Waals surface area contributed by atoms with Crippen LogP contribution in [0.15, 0.2) is 18.2 Å². The number of hydrogen-bond donors (Lipinski definition) is 2. The molecule has 0 aromatic heterocycles. The SMILES string of the molecule is CCC(C)(C)Oc1cc(Cl)ccc1C(=N)N. The van der Waals surface area contributed by atoms with Crippen LogP contribution >= 0.6 is 11.6 Å². The van der Waals surface area contributed by atoms with E-state index in [9.17, 15) is 0 Å². The number of rotatable bonds is 4. The van der Waals surface area contributed by atoms with Crippen LogP contribution < -0.4 is 10.5 Å². The molecular formula is C12H17ClN2O. The van der Waals surface area contributed by atoms with Gasteiger partial charge in [-0.1, -0.05) is 18.5 Å². The fourth-order valence-electron chi connectivity index (χ4n) is 1.17. The van der Waals surface area contributed by atoms with Gasteiger partial charge in [-0.05, 0) is 38.5 Å². The highest BCUT2D eigenvalue weighted by Crippen LogP contribution is 2.27. The minimum Gasteiger partial charge on any atom is -0.487 e. The van der Waals surface area contributed by atoms with Gasteiger partial charge in [0, 0.05) is 5.02 Å². The van der Waals surface area contributed by atoms with Gasteiger partial charge in [0.05, 0.1) is 5.56 Å². The molecule has 1 aromatic rings. The fraction of sp³-hybridized carbons (Fsp3) is 0.417. The predicted molar refractivity (Wildman–Crippen MR) is 67.5 cm³/mol. The molecule has 0 aliphatic rings. The van der Waals surface area contributed by atoms with E-state index in [0.717, 1.165) is 6.42 Å². The van der Waals surface area contributed by atoms with Crippen LogP contribution in [0.5, 0.6) is 5.75 Å². The van der Waals surface area contributed by atoms with Crippen LogP contribution in [0.3, 0.4) is 0 Å². The zero-order valence-corrected chi connectivity index (χ0v) is 10.6. The third kappa shape index (κ3) is 3.14. The highest BCUT2D eigenvalue weighted by Gasteiger charge is 2.19.